The Bertz CT molecular complexity index is 703. The molecule has 6 heteroatoms. The van der Waals surface area contributed by atoms with E-state index >= 15 is 0 Å². The summed E-state index contributed by atoms with van der Waals surface area (Å²) in [5, 5.41) is 3.02. The van der Waals surface area contributed by atoms with Crippen molar-refractivity contribution in [3.05, 3.63) is 29.3 Å². The van der Waals surface area contributed by atoms with Gasteiger partial charge < -0.3 is 5.32 Å². The van der Waals surface area contributed by atoms with Gasteiger partial charge >= 0.3 is 0 Å². The van der Waals surface area contributed by atoms with Gasteiger partial charge in [0.1, 0.15) is 6.04 Å². The summed E-state index contributed by atoms with van der Waals surface area (Å²) >= 11 is 0. The average molecular weight is 369 g/mol. The Labute approximate surface area is 152 Å². The summed E-state index contributed by atoms with van der Waals surface area (Å²) in [5.41, 5.74) is 2.58. The van der Waals surface area contributed by atoms with Crippen molar-refractivity contribution in [2.24, 2.45) is 11.8 Å². The van der Waals surface area contributed by atoms with Crippen molar-refractivity contribution in [3.63, 3.8) is 0 Å². The predicted octanol–water partition coefficient (Wildman–Crippen LogP) is 3.25. The number of carbonyl (C=O) groups is 1. The van der Waals surface area contributed by atoms with Crippen molar-refractivity contribution < 1.29 is 13.2 Å². The number of nitrogens with zero attached hydrogens (tertiary/aromatic N) is 1. The lowest BCUT2D eigenvalue weighted by atomic mass is 9.93. The Hall–Kier alpha value is -1.56. The predicted molar refractivity (Wildman–Crippen MR) is 104 cm³/mol. The third-order valence-electron chi connectivity index (χ3n) is 4.58. The lowest BCUT2D eigenvalue weighted by molar-refractivity contribution is -0.123. The molecule has 5 nitrogen and oxygen atoms in total. The van der Waals surface area contributed by atoms with Gasteiger partial charge in [-0.25, -0.2) is 8.42 Å². The second-order valence-electron chi connectivity index (χ2n) is 7.53. The van der Waals surface area contributed by atoms with Gasteiger partial charge in [-0.2, -0.15) is 0 Å². The van der Waals surface area contributed by atoms with Gasteiger partial charge in [0, 0.05) is 6.04 Å². The summed E-state index contributed by atoms with van der Waals surface area (Å²) in [7, 11) is -3.60. The van der Waals surface area contributed by atoms with Crippen LogP contribution in [0.5, 0.6) is 0 Å². The lowest BCUT2D eigenvalue weighted by Gasteiger charge is -2.32. The number of anilines is 1. The number of hydrogen-bond acceptors (Lipinski definition) is 3. The molecule has 0 bridgehead atoms. The van der Waals surface area contributed by atoms with Crippen molar-refractivity contribution in [2.45, 2.75) is 60.5 Å². The first-order valence-electron chi connectivity index (χ1n) is 8.73. The number of rotatable bonds is 7. The lowest BCUT2D eigenvalue weighted by Crippen LogP contribution is -2.52. The van der Waals surface area contributed by atoms with Crippen LogP contribution < -0.4 is 9.62 Å². The Morgan fingerprint density at radius 3 is 1.92 bits per heavy atom. The van der Waals surface area contributed by atoms with Crippen LogP contribution in [0.15, 0.2) is 18.2 Å². The molecule has 0 aliphatic rings. The molecule has 1 rings (SSSR count). The second kappa shape index (κ2) is 8.21. The van der Waals surface area contributed by atoms with Crippen molar-refractivity contribution in [1.29, 1.82) is 0 Å². The van der Waals surface area contributed by atoms with Gasteiger partial charge in [-0.1, -0.05) is 33.8 Å². The molecule has 0 spiro atoms. The molecule has 1 aromatic carbocycles. The molecule has 0 aliphatic heterocycles. The maximum Gasteiger partial charge on any atom is 0.243 e. The number of sulfonamides is 1. The summed E-state index contributed by atoms with van der Waals surface area (Å²) in [6, 6.07) is 4.60. The molecular formula is C19H32N2O3S. The smallest absolute Gasteiger partial charge is 0.243 e. The van der Waals surface area contributed by atoms with Crippen LogP contribution in [0.3, 0.4) is 0 Å². The van der Waals surface area contributed by atoms with Crippen molar-refractivity contribution in [3.8, 4) is 0 Å². The van der Waals surface area contributed by atoms with E-state index in [2.05, 4.69) is 5.32 Å². The fraction of sp³-hybridized carbons (Fsp3) is 0.632. The van der Waals surface area contributed by atoms with Crippen LogP contribution in [0.2, 0.25) is 0 Å². The molecule has 0 unspecified atom stereocenters. The van der Waals surface area contributed by atoms with Crippen LogP contribution in [-0.2, 0) is 14.8 Å². The van der Waals surface area contributed by atoms with Gasteiger partial charge in [0.25, 0.3) is 0 Å². The van der Waals surface area contributed by atoms with E-state index in [-0.39, 0.29) is 23.8 Å². The standard InChI is InChI=1S/C19H32N2O3S/c1-12(2)18(13(3)4)20-19(22)16(7)21(25(8,23)24)17-10-9-14(5)15(6)11-17/h9-13,16,18H,1-8H3,(H,20,22)/t16-/m1/s1. The molecule has 0 saturated carbocycles. The summed E-state index contributed by atoms with van der Waals surface area (Å²) in [6.07, 6.45) is 1.13. The highest BCUT2D eigenvalue weighted by molar-refractivity contribution is 7.92. The van der Waals surface area contributed by atoms with Crippen LogP contribution in [0.1, 0.15) is 45.7 Å². The van der Waals surface area contributed by atoms with Crippen LogP contribution in [-0.4, -0.2) is 32.7 Å². The summed E-state index contributed by atoms with van der Waals surface area (Å²) in [6.45, 7) is 13.7. The van der Waals surface area contributed by atoms with E-state index in [1.165, 1.54) is 4.31 Å². The molecule has 1 aromatic rings. The maximum atomic E-state index is 12.8. The van der Waals surface area contributed by atoms with E-state index in [4.69, 9.17) is 0 Å². The van der Waals surface area contributed by atoms with Gasteiger partial charge in [0.2, 0.25) is 15.9 Å². The summed E-state index contributed by atoms with van der Waals surface area (Å²) in [4.78, 5) is 12.8. The number of aryl methyl sites for hydroxylation is 2. The van der Waals surface area contributed by atoms with E-state index < -0.39 is 16.1 Å². The van der Waals surface area contributed by atoms with Crippen LogP contribution in [0.25, 0.3) is 0 Å². The minimum Gasteiger partial charge on any atom is -0.351 e. The molecule has 0 heterocycles. The third kappa shape index (κ3) is 5.46. The monoisotopic (exact) mass is 368 g/mol. The van der Waals surface area contributed by atoms with Crippen LogP contribution in [0, 0.1) is 25.7 Å². The summed E-state index contributed by atoms with van der Waals surface area (Å²) in [5.74, 6) is 0.255. The van der Waals surface area contributed by atoms with Gasteiger partial charge in [0.05, 0.1) is 11.9 Å². The van der Waals surface area contributed by atoms with Crippen LogP contribution >= 0.6 is 0 Å². The van der Waals surface area contributed by atoms with Gasteiger partial charge in [-0.15, -0.1) is 0 Å². The first-order valence-corrected chi connectivity index (χ1v) is 10.6. The van der Waals surface area contributed by atoms with Crippen molar-refractivity contribution >= 4 is 21.6 Å². The number of carbonyl (C=O) groups excluding carboxylic acids is 1. The van der Waals surface area contributed by atoms with E-state index in [0.29, 0.717) is 5.69 Å². The van der Waals surface area contributed by atoms with Gasteiger partial charge in [-0.05, 0) is 55.9 Å². The molecule has 1 N–H and O–H groups in total. The highest BCUT2D eigenvalue weighted by Crippen LogP contribution is 2.24. The zero-order chi connectivity index (χ0) is 19.5. The molecule has 0 saturated heterocycles. The first kappa shape index (κ1) is 21.5. The SMILES string of the molecule is Cc1ccc(N([C@H](C)C(=O)NC(C(C)C)C(C)C)S(C)(=O)=O)cc1C. The van der Waals surface area contributed by atoms with Crippen LogP contribution in [0.4, 0.5) is 5.69 Å². The minimum atomic E-state index is -3.60. The molecule has 0 aromatic heterocycles. The van der Waals surface area contributed by atoms with Gasteiger partial charge in [-0.3, -0.25) is 9.10 Å². The molecule has 25 heavy (non-hydrogen) atoms. The first-order chi connectivity index (χ1) is 11.4. The van der Waals surface area contributed by atoms with E-state index in [1.807, 2.05) is 53.7 Å². The zero-order valence-electron chi connectivity index (χ0n) is 16.6. The maximum absolute atomic E-state index is 12.8. The molecule has 1 atom stereocenters. The average Bonchev–Trinajstić information content (AvgIpc) is 2.46. The van der Waals surface area contributed by atoms with E-state index in [0.717, 1.165) is 17.4 Å². The Kier molecular flexibility index (Phi) is 7.06. The largest absolute Gasteiger partial charge is 0.351 e. The molecule has 0 aliphatic carbocycles. The van der Waals surface area contributed by atoms with E-state index in [9.17, 15) is 13.2 Å². The molecule has 0 fully saturated rings. The Morgan fingerprint density at radius 2 is 1.52 bits per heavy atom. The fourth-order valence-electron chi connectivity index (χ4n) is 3.06. The Morgan fingerprint density at radius 1 is 1.00 bits per heavy atom. The summed E-state index contributed by atoms with van der Waals surface area (Å²) < 4.78 is 25.9. The number of benzene rings is 1. The number of hydrogen-bond donors (Lipinski definition) is 1. The highest BCUT2D eigenvalue weighted by atomic mass is 32.2. The topological polar surface area (TPSA) is 66.5 Å². The normalized spacial score (nSPS) is 13.4. The number of amides is 1. The molecule has 142 valence electrons. The Balaban J connectivity index is 3.19. The van der Waals surface area contributed by atoms with E-state index in [1.54, 1.807) is 13.0 Å². The van der Waals surface area contributed by atoms with Crippen molar-refractivity contribution in [1.82, 2.24) is 5.32 Å². The zero-order valence-corrected chi connectivity index (χ0v) is 17.4. The molecular weight excluding hydrogens is 336 g/mol. The minimum absolute atomic E-state index is 0.00360. The van der Waals surface area contributed by atoms with Gasteiger partial charge in [0.15, 0.2) is 0 Å². The molecule has 0 radical (unpaired) electrons. The molecule has 1 amide bonds. The fourth-order valence-corrected chi connectivity index (χ4v) is 4.23. The number of nitrogens with one attached hydrogen (secondary N) is 1. The third-order valence-corrected chi connectivity index (χ3v) is 5.82. The van der Waals surface area contributed by atoms with Crippen molar-refractivity contribution in [2.75, 3.05) is 10.6 Å². The second-order valence-corrected chi connectivity index (χ2v) is 9.39. The highest BCUT2D eigenvalue weighted by Gasteiger charge is 2.31. The quantitative estimate of drug-likeness (QED) is 0.803.